The van der Waals surface area contributed by atoms with Crippen LogP contribution in [0, 0.1) is 0 Å². The second-order valence-electron chi connectivity index (χ2n) is 4.68. The predicted molar refractivity (Wildman–Crippen MR) is 83.4 cm³/mol. The van der Waals surface area contributed by atoms with E-state index in [1.165, 1.54) is 7.11 Å². The van der Waals surface area contributed by atoms with Crippen LogP contribution in [0.25, 0.3) is 0 Å². The van der Waals surface area contributed by atoms with E-state index in [1.807, 2.05) is 31.2 Å². The molecule has 1 aromatic rings. The van der Waals surface area contributed by atoms with Crippen molar-refractivity contribution in [1.82, 2.24) is 4.72 Å². The highest BCUT2D eigenvalue weighted by Gasteiger charge is 2.14. The van der Waals surface area contributed by atoms with E-state index in [1.54, 1.807) is 6.92 Å². The molecule has 0 aromatic heterocycles. The molecule has 0 saturated heterocycles. The molecule has 0 amide bonds. The van der Waals surface area contributed by atoms with Gasteiger partial charge >= 0.3 is 0 Å². The summed E-state index contributed by atoms with van der Waals surface area (Å²) in [6.45, 7) is 3.90. The Labute approximate surface area is 127 Å². The third kappa shape index (κ3) is 6.67. The van der Waals surface area contributed by atoms with E-state index in [0.717, 1.165) is 11.1 Å². The van der Waals surface area contributed by atoms with Crippen LogP contribution in [0.3, 0.4) is 0 Å². The van der Waals surface area contributed by atoms with Gasteiger partial charge in [-0.25, -0.2) is 13.1 Å². The van der Waals surface area contributed by atoms with Crippen molar-refractivity contribution in [2.75, 3.05) is 12.9 Å². The molecule has 2 unspecified atom stereocenters. The molecule has 0 bridgehead atoms. The topological polar surface area (TPSA) is 81.4 Å². The minimum Gasteiger partial charge on any atom is -0.381 e. The van der Waals surface area contributed by atoms with Crippen LogP contribution in [0.1, 0.15) is 31.0 Å². The van der Waals surface area contributed by atoms with Gasteiger partial charge in [-0.05, 0) is 25.0 Å². The van der Waals surface area contributed by atoms with Gasteiger partial charge in [0.15, 0.2) is 0 Å². The summed E-state index contributed by atoms with van der Waals surface area (Å²) in [4.78, 5) is 0. The van der Waals surface area contributed by atoms with Crippen LogP contribution in [0.5, 0.6) is 0 Å². The van der Waals surface area contributed by atoms with Crippen LogP contribution in [-0.4, -0.2) is 27.4 Å². The second kappa shape index (κ2) is 8.59. The number of hydrogen-bond donors (Lipinski definition) is 2. The Balaban J connectivity index is 0.00000361. The van der Waals surface area contributed by atoms with Crippen molar-refractivity contribution in [1.29, 1.82) is 0 Å². The first-order valence-electron chi connectivity index (χ1n) is 6.18. The van der Waals surface area contributed by atoms with Crippen LogP contribution in [0.15, 0.2) is 24.3 Å². The summed E-state index contributed by atoms with van der Waals surface area (Å²) in [7, 11) is -1.82. The number of nitrogens with one attached hydrogen (secondary N) is 1. The first-order valence-corrected chi connectivity index (χ1v) is 7.84. The van der Waals surface area contributed by atoms with Crippen molar-refractivity contribution >= 4 is 22.4 Å². The monoisotopic (exact) mass is 322 g/mol. The number of ether oxygens (including phenoxy) is 1. The molecule has 3 N–H and O–H groups in total. The fourth-order valence-corrected chi connectivity index (χ4v) is 2.83. The normalized spacial score (nSPS) is 14.4. The molecule has 116 valence electrons. The standard InChI is InChI=1S/C13H22N2O3S.ClH/c1-10(18-3)9-19(16,17)15-8-12-4-6-13(7-5-12)11(2)14;/h4-7,10-11,15H,8-9,14H2,1-3H3;1H. The first-order chi connectivity index (χ1) is 8.84. The number of methoxy groups -OCH3 is 1. The zero-order chi connectivity index (χ0) is 14.5. The number of sulfonamides is 1. The molecular formula is C13H23ClN2O3S. The van der Waals surface area contributed by atoms with Crippen LogP contribution >= 0.6 is 12.4 Å². The minimum absolute atomic E-state index is 0. The fraction of sp³-hybridized carbons (Fsp3) is 0.538. The molecule has 0 aliphatic heterocycles. The minimum atomic E-state index is -3.32. The summed E-state index contributed by atoms with van der Waals surface area (Å²) < 4.78 is 31.0. The Morgan fingerprint density at radius 1 is 1.25 bits per heavy atom. The van der Waals surface area contributed by atoms with E-state index in [2.05, 4.69) is 4.72 Å². The van der Waals surface area contributed by atoms with Crippen LogP contribution in [0.4, 0.5) is 0 Å². The lowest BCUT2D eigenvalue weighted by molar-refractivity contribution is 0.136. The molecular weight excluding hydrogens is 300 g/mol. The van der Waals surface area contributed by atoms with E-state index in [9.17, 15) is 8.42 Å². The van der Waals surface area contributed by atoms with Gasteiger partial charge in [-0.3, -0.25) is 0 Å². The fourth-order valence-electron chi connectivity index (χ4n) is 1.57. The highest BCUT2D eigenvalue weighted by Crippen LogP contribution is 2.11. The highest BCUT2D eigenvalue weighted by molar-refractivity contribution is 7.89. The largest absolute Gasteiger partial charge is 0.381 e. The van der Waals surface area contributed by atoms with Crippen molar-refractivity contribution in [3.05, 3.63) is 35.4 Å². The summed E-state index contributed by atoms with van der Waals surface area (Å²) in [5.74, 6) is -0.0403. The summed E-state index contributed by atoms with van der Waals surface area (Å²) in [6, 6.07) is 7.55. The molecule has 0 saturated carbocycles. The van der Waals surface area contributed by atoms with E-state index >= 15 is 0 Å². The van der Waals surface area contributed by atoms with E-state index in [-0.39, 0.29) is 36.9 Å². The second-order valence-corrected chi connectivity index (χ2v) is 6.53. The highest BCUT2D eigenvalue weighted by atomic mass is 35.5. The first kappa shape index (κ1) is 19.3. The Morgan fingerprint density at radius 2 is 1.80 bits per heavy atom. The van der Waals surface area contributed by atoms with E-state index in [4.69, 9.17) is 10.5 Å². The molecule has 7 heteroatoms. The number of hydrogen-bond acceptors (Lipinski definition) is 4. The van der Waals surface area contributed by atoms with Gasteiger partial charge in [0, 0.05) is 19.7 Å². The summed E-state index contributed by atoms with van der Waals surface area (Å²) in [5.41, 5.74) is 7.68. The maximum Gasteiger partial charge on any atom is 0.214 e. The molecule has 5 nitrogen and oxygen atoms in total. The Bertz CT molecular complexity index is 489. The van der Waals surface area contributed by atoms with Gasteiger partial charge in [0.1, 0.15) is 0 Å². The summed E-state index contributed by atoms with van der Waals surface area (Å²) in [5, 5.41) is 0. The smallest absolute Gasteiger partial charge is 0.214 e. The van der Waals surface area contributed by atoms with Gasteiger partial charge in [-0.2, -0.15) is 0 Å². The van der Waals surface area contributed by atoms with Gasteiger partial charge in [0.2, 0.25) is 10.0 Å². The third-order valence-corrected chi connectivity index (χ3v) is 4.35. The summed E-state index contributed by atoms with van der Waals surface area (Å²) in [6.07, 6.45) is -0.321. The average Bonchev–Trinajstić information content (AvgIpc) is 2.36. The third-order valence-electron chi connectivity index (χ3n) is 2.86. The molecule has 0 aliphatic carbocycles. The molecule has 0 spiro atoms. The van der Waals surface area contributed by atoms with Gasteiger partial charge in [0.25, 0.3) is 0 Å². The van der Waals surface area contributed by atoms with Crippen molar-refractivity contribution in [2.24, 2.45) is 5.73 Å². The number of rotatable bonds is 7. The lowest BCUT2D eigenvalue weighted by Gasteiger charge is -2.12. The lowest BCUT2D eigenvalue weighted by atomic mass is 10.1. The van der Waals surface area contributed by atoms with Gasteiger partial charge in [-0.1, -0.05) is 24.3 Å². The van der Waals surface area contributed by atoms with Gasteiger partial charge in [-0.15, -0.1) is 12.4 Å². The van der Waals surface area contributed by atoms with E-state index < -0.39 is 10.0 Å². The molecule has 0 radical (unpaired) electrons. The SMILES string of the molecule is COC(C)CS(=O)(=O)NCc1ccc(C(C)N)cc1.Cl. The molecule has 1 aromatic carbocycles. The zero-order valence-corrected chi connectivity index (χ0v) is 13.6. The van der Waals surface area contributed by atoms with Crippen molar-refractivity contribution in [3.63, 3.8) is 0 Å². The lowest BCUT2D eigenvalue weighted by Crippen LogP contribution is -2.31. The van der Waals surface area contributed by atoms with Gasteiger partial charge in [0.05, 0.1) is 11.9 Å². The summed E-state index contributed by atoms with van der Waals surface area (Å²) >= 11 is 0. The van der Waals surface area contributed by atoms with Crippen LogP contribution in [-0.2, 0) is 21.3 Å². The maximum absolute atomic E-state index is 11.7. The Hall–Kier alpha value is -0.660. The van der Waals surface area contributed by atoms with Crippen LogP contribution < -0.4 is 10.5 Å². The molecule has 20 heavy (non-hydrogen) atoms. The van der Waals surface area contributed by atoms with Crippen molar-refractivity contribution < 1.29 is 13.2 Å². The van der Waals surface area contributed by atoms with Crippen molar-refractivity contribution in [3.8, 4) is 0 Å². The zero-order valence-electron chi connectivity index (χ0n) is 12.0. The molecule has 0 fully saturated rings. The maximum atomic E-state index is 11.7. The van der Waals surface area contributed by atoms with Crippen LogP contribution in [0.2, 0.25) is 0 Å². The Kier molecular flexibility index (Phi) is 8.30. The number of halogens is 1. The predicted octanol–water partition coefficient (Wildman–Crippen LogP) is 1.58. The van der Waals surface area contributed by atoms with Gasteiger partial charge < -0.3 is 10.5 Å². The molecule has 0 aliphatic rings. The number of nitrogens with two attached hydrogens (primary N) is 1. The number of benzene rings is 1. The average molecular weight is 323 g/mol. The molecule has 1 rings (SSSR count). The Morgan fingerprint density at radius 3 is 2.25 bits per heavy atom. The van der Waals surface area contributed by atoms with Crippen molar-refractivity contribution in [2.45, 2.75) is 32.5 Å². The molecule has 2 atom stereocenters. The quantitative estimate of drug-likeness (QED) is 0.798. The molecule has 0 heterocycles. The van der Waals surface area contributed by atoms with E-state index in [0.29, 0.717) is 0 Å².